The lowest BCUT2D eigenvalue weighted by Gasteiger charge is -2.27. The van der Waals surface area contributed by atoms with E-state index in [9.17, 15) is 19.2 Å². The molecule has 0 radical (unpaired) electrons. The molecule has 1 aromatic carbocycles. The van der Waals surface area contributed by atoms with E-state index in [1.54, 1.807) is 18.2 Å². The van der Waals surface area contributed by atoms with Gasteiger partial charge >= 0.3 is 0 Å². The summed E-state index contributed by atoms with van der Waals surface area (Å²) in [4.78, 5) is 50.0. The van der Waals surface area contributed by atoms with Gasteiger partial charge in [0.1, 0.15) is 6.04 Å². The molecule has 1 aromatic rings. The normalized spacial score (nSPS) is 27.2. The van der Waals surface area contributed by atoms with Crippen molar-refractivity contribution in [2.45, 2.75) is 18.9 Å². The quantitative estimate of drug-likeness (QED) is 0.819. The molecule has 4 amide bonds. The first-order chi connectivity index (χ1) is 13.1. The number of allylic oxidation sites excluding steroid dienone is 8. The van der Waals surface area contributed by atoms with E-state index in [1.165, 1.54) is 0 Å². The predicted molar refractivity (Wildman–Crippen MR) is 98.5 cm³/mol. The van der Waals surface area contributed by atoms with Crippen molar-refractivity contribution in [3.8, 4) is 0 Å². The molecule has 1 saturated heterocycles. The fraction of sp³-hybridized carbons (Fsp3) is 0.143. The van der Waals surface area contributed by atoms with E-state index in [4.69, 9.17) is 0 Å². The highest BCUT2D eigenvalue weighted by Crippen LogP contribution is 2.30. The Bertz CT molecular complexity index is 997. The summed E-state index contributed by atoms with van der Waals surface area (Å²) in [5.41, 5.74) is 2.26. The molecule has 2 heterocycles. The number of imide groups is 2. The predicted octanol–water partition coefficient (Wildman–Crippen LogP) is 2.15. The average Bonchev–Trinajstić information content (AvgIpc) is 2.86. The molecule has 1 N–H and O–H groups in total. The monoisotopic (exact) mass is 360 g/mol. The summed E-state index contributed by atoms with van der Waals surface area (Å²) in [6.07, 6.45) is 13.6. The topological polar surface area (TPSA) is 83.6 Å². The number of benzene rings is 1. The van der Waals surface area contributed by atoms with E-state index in [0.29, 0.717) is 0 Å². The first kappa shape index (κ1) is 16.9. The molecule has 1 aliphatic carbocycles. The van der Waals surface area contributed by atoms with Crippen molar-refractivity contribution in [3.05, 3.63) is 77.4 Å². The molecule has 1 atom stereocenters. The molecule has 1 unspecified atom stereocenters. The number of hydrogen-bond donors (Lipinski definition) is 1. The SMILES string of the molecule is O=C1CCC(N2C(=O)c3ccc(C4=C/C=C\C=C/C=C\4)cc3C2=O)C(=O)N1. The molecule has 4 rings (SSSR count). The summed E-state index contributed by atoms with van der Waals surface area (Å²) in [6.45, 7) is 0. The third kappa shape index (κ3) is 2.95. The smallest absolute Gasteiger partial charge is 0.262 e. The second-order valence-electron chi connectivity index (χ2n) is 6.46. The zero-order chi connectivity index (χ0) is 19.0. The molecule has 0 saturated carbocycles. The van der Waals surface area contributed by atoms with Crippen LogP contribution in [0.2, 0.25) is 0 Å². The van der Waals surface area contributed by atoms with Crippen LogP contribution in [0, 0.1) is 0 Å². The summed E-state index contributed by atoms with van der Waals surface area (Å²) in [7, 11) is 0. The van der Waals surface area contributed by atoms with E-state index in [-0.39, 0.29) is 29.9 Å². The Labute approximate surface area is 155 Å². The van der Waals surface area contributed by atoms with Crippen molar-refractivity contribution in [1.29, 1.82) is 0 Å². The van der Waals surface area contributed by atoms with Crippen LogP contribution in [-0.4, -0.2) is 34.6 Å². The van der Waals surface area contributed by atoms with E-state index >= 15 is 0 Å². The number of hydrogen-bond acceptors (Lipinski definition) is 4. The number of fused-ring (bicyclic) bond motifs is 1. The number of nitrogens with zero attached hydrogens (tertiary/aromatic N) is 1. The van der Waals surface area contributed by atoms with E-state index in [0.717, 1.165) is 16.0 Å². The second kappa shape index (κ2) is 6.64. The Morgan fingerprint density at radius 1 is 0.889 bits per heavy atom. The lowest BCUT2D eigenvalue weighted by Crippen LogP contribution is -2.54. The van der Waals surface area contributed by atoms with Gasteiger partial charge in [-0.3, -0.25) is 29.4 Å². The zero-order valence-electron chi connectivity index (χ0n) is 14.3. The van der Waals surface area contributed by atoms with Crippen LogP contribution in [0.4, 0.5) is 0 Å². The number of carbonyl (C=O) groups is 4. The van der Waals surface area contributed by atoms with Gasteiger partial charge in [-0.2, -0.15) is 0 Å². The molecule has 27 heavy (non-hydrogen) atoms. The van der Waals surface area contributed by atoms with Crippen LogP contribution in [0.3, 0.4) is 0 Å². The summed E-state index contributed by atoms with van der Waals surface area (Å²) < 4.78 is 0. The van der Waals surface area contributed by atoms with Crippen LogP contribution in [0.15, 0.2) is 60.7 Å². The second-order valence-corrected chi connectivity index (χ2v) is 6.46. The molecule has 0 aromatic heterocycles. The first-order valence-corrected chi connectivity index (χ1v) is 8.64. The van der Waals surface area contributed by atoms with Crippen molar-refractivity contribution in [2.75, 3.05) is 0 Å². The minimum absolute atomic E-state index is 0.104. The van der Waals surface area contributed by atoms with Gasteiger partial charge in [-0.15, -0.1) is 0 Å². The third-order valence-electron chi connectivity index (χ3n) is 4.77. The summed E-state index contributed by atoms with van der Waals surface area (Å²) >= 11 is 0. The number of carbonyl (C=O) groups excluding carboxylic acids is 4. The van der Waals surface area contributed by atoms with Crippen LogP contribution in [0.1, 0.15) is 39.1 Å². The van der Waals surface area contributed by atoms with Gasteiger partial charge in [-0.25, -0.2) is 0 Å². The van der Waals surface area contributed by atoms with E-state index in [1.807, 2.05) is 42.5 Å². The molecule has 6 heteroatoms. The Morgan fingerprint density at radius 2 is 1.63 bits per heavy atom. The number of amides is 4. The minimum Gasteiger partial charge on any atom is -0.295 e. The lowest BCUT2D eigenvalue weighted by molar-refractivity contribution is -0.136. The van der Waals surface area contributed by atoms with Gasteiger partial charge in [0.05, 0.1) is 11.1 Å². The maximum atomic E-state index is 12.9. The maximum Gasteiger partial charge on any atom is 0.262 e. The number of piperidine rings is 1. The Balaban J connectivity index is 1.68. The fourth-order valence-electron chi connectivity index (χ4n) is 3.41. The van der Waals surface area contributed by atoms with Gasteiger partial charge in [0.15, 0.2) is 0 Å². The highest BCUT2D eigenvalue weighted by Gasteiger charge is 2.44. The van der Waals surface area contributed by atoms with Crippen molar-refractivity contribution in [2.24, 2.45) is 0 Å². The summed E-state index contributed by atoms with van der Waals surface area (Å²) in [6, 6.07) is 4.13. The standard InChI is InChI=1S/C21H16N2O4/c24-18-11-10-17(19(25)22-18)23-20(26)15-9-8-14(12-16(15)21(23)27)13-6-4-2-1-3-5-7-13/h1-9,12,17H,10-11H2,(H,22,24,25)/b2-1-,3-1?,4-2?,5-3-,6-4-,7-5?,13-6?,13-7+. The van der Waals surface area contributed by atoms with Gasteiger partial charge in [-0.05, 0) is 29.7 Å². The highest BCUT2D eigenvalue weighted by atomic mass is 16.2. The molecule has 3 aliphatic rings. The van der Waals surface area contributed by atoms with Crippen LogP contribution >= 0.6 is 0 Å². The molecular weight excluding hydrogens is 344 g/mol. The Morgan fingerprint density at radius 3 is 2.44 bits per heavy atom. The summed E-state index contributed by atoms with van der Waals surface area (Å²) in [5, 5.41) is 2.19. The first-order valence-electron chi connectivity index (χ1n) is 8.64. The lowest BCUT2D eigenvalue weighted by atomic mass is 9.99. The fourth-order valence-corrected chi connectivity index (χ4v) is 3.41. The van der Waals surface area contributed by atoms with Crippen LogP contribution < -0.4 is 5.32 Å². The van der Waals surface area contributed by atoms with Crippen molar-refractivity contribution in [1.82, 2.24) is 10.2 Å². The molecule has 0 bridgehead atoms. The number of nitrogens with one attached hydrogen (secondary N) is 1. The molecule has 2 aliphatic heterocycles. The van der Waals surface area contributed by atoms with Crippen molar-refractivity contribution < 1.29 is 19.2 Å². The van der Waals surface area contributed by atoms with Gasteiger partial charge in [0.25, 0.3) is 11.8 Å². The third-order valence-corrected chi connectivity index (χ3v) is 4.77. The zero-order valence-corrected chi connectivity index (χ0v) is 14.3. The number of rotatable bonds is 2. The maximum absolute atomic E-state index is 12.9. The largest absolute Gasteiger partial charge is 0.295 e. The van der Waals surface area contributed by atoms with E-state index < -0.39 is 23.8 Å². The summed E-state index contributed by atoms with van der Waals surface area (Å²) in [5.74, 6) is -2.00. The van der Waals surface area contributed by atoms with Crippen LogP contribution in [0.5, 0.6) is 0 Å². The van der Waals surface area contributed by atoms with Gasteiger partial charge in [-0.1, -0.05) is 48.6 Å². The van der Waals surface area contributed by atoms with Crippen LogP contribution in [0.25, 0.3) is 5.57 Å². The van der Waals surface area contributed by atoms with Gasteiger partial charge < -0.3 is 0 Å². The van der Waals surface area contributed by atoms with Gasteiger partial charge in [0, 0.05) is 6.42 Å². The Kier molecular flexibility index (Phi) is 4.16. The van der Waals surface area contributed by atoms with Gasteiger partial charge in [0.2, 0.25) is 11.8 Å². The van der Waals surface area contributed by atoms with E-state index in [2.05, 4.69) is 5.32 Å². The average molecular weight is 360 g/mol. The molecule has 0 spiro atoms. The van der Waals surface area contributed by atoms with Crippen molar-refractivity contribution >= 4 is 29.2 Å². The molecule has 134 valence electrons. The van der Waals surface area contributed by atoms with Crippen molar-refractivity contribution in [3.63, 3.8) is 0 Å². The molecular formula is C21H16N2O4. The molecule has 6 nitrogen and oxygen atoms in total. The highest BCUT2D eigenvalue weighted by molar-refractivity contribution is 6.23. The van der Waals surface area contributed by atoms with Crippen LogP contribution in [-0.2, 0) is 9.59 Å². The minimum atomic E-state index is -0.952. The molecule has 1 fully saturated rings. The Hall–Kier alpha value is -3.54.